The summed E-state index contributed by atoms with van der Waals surface area (Å²) in [5.74, 6) is -0.808. The summed E-state index contributed by atoms with van der Waals surface area (Å²) in [5.41, 5.74) is 1.33. The minimum Gasteiger partial charge on any atom is -0.496 e. The summed E-state index contributed by atoms with van der Waals surface area (Å²) in [6, 6.07) is 7.21. The molecule has 0 bridgehead atoms. The van der Waals surface area contributed by atoms with Crippen molar-refractivity contribution in [2.24, 2.45) is 0 Å². The standard InChI is InChI=1S/C20H21ClF2N4O2/c1-28-16-11-14(29-12-27-10-2-9-24-27)3-4-15(16)17-18(21)26-19(25-17)13-5-7-20(22,23)8-6-13/h2-4,9-11,13H,5-8,12H2,1H3,(H,25,26). The van der Waals surface area contributed by atoms with Crippen molar-refractivity contribution in [1.29, 1.82) is 0 Å². The minimum atomic E-state index is -2.58. The molecular weight excluding hydrogens is 402 g/mol. The molecular formula is C20H21ClF2N4O2. The summed E-state index contributed by atoms with van der Waals surface area (Å²) in [6.07, 6.45) is 3.99. The molecule has 6 nitrogen and oxygen atoms in total. The maximum Gasteiger partial charge on any atom is 0.248 e. The van der Waals surface area contributed by atoms with Crippen LogP contribution in [-0.4, -0.2) is 32.8 Å². The van der Waals surface area contributed by atoms with Gasteiger partial charge in [0, 0.05) is 42.8 Å². The Hall–Kier alpha value is -2.61. The number of nitrogens with one attached hydrogen (secondary N) is 1. The maximum absolute atomic E-state index is 13.4. The Morgan fingerprint density at radius 3 is 2.79 bits per heavy atom. The van der Waals surface area contributed by atoms with Gasteiger partial charge in [-0.2, -0.15) is 5.10 Å². The third kappa shape index (κ3) is 4.37. The number of ether oxygens (including phenoxy) is 2. The maximum atomic E-state index is 13.4. The molecule has 9 heteroatoms. The van der Waals surface area contributed by atoms with E-state index in [0.717, 1.165) is 5.56 Å². The Morgan fingerprint density at radius 1 is 1.31 bits per heavy atom. The third-order valence-electron chi connectivity index (χ3n) is 5.15. The zero-order valence-electron chi connectivity index (χ0n) is 15.9. The van der Waals surface area contributed by atoms with E-state index in [-0.39, 0.29) is 25.5 Å². The van der Waals surface area contributed by atoms with E-state index in [0.29, 0.717) is 41.0 Å². The van der Waals surface area contributed by atoms with Crippen LogP contribution in [0, 0.1) is 0 Å². The average molecular weight is 423 g/mol. The number of alkyl halides is 2. The Kier molecular flexibility index (Phi) is 5.45. The number of benzene rings is 1. The molecule has 2 heterocycles. The van der Waals surface area contributed by atoms with Gasteiger partial charge in [-0.1, -0.05) is 11.6 Å². The highest BCUT2D eigenvalue weighted by Crippen LogP contribution is 2.42. The van der Waals surface area contributed by atoms with Crippen LogP contribution in [0.5, 0.6) is 11.5 Å². The van der Waals surface area contributed by atoms with Gasteiger partial charge in [0.25, 0.3) is 0 Å². The zero-order valence-corrected chi connectivity index (χ0v) is 16.6. The largest absolute Gasteiger partial charge is 0.496 e. The van der Waals surface area contributed by atoms with Crippen LogP contribution in [-0.2, 0) is 6.73 Å². The molecule has 0 unspecified atom stereocenters. The fourth-order valence-electron chi connectivity index (χ4n) is 3.54. The van der Waals surface area contributed by atoms with Gasteiger partial charge in [0.15, 0.2) is 11.9 Å². The Bertz CT molecular complexity index is 965. The molecule has 0 atom stereocenters. The first-order chi connectivity index (χ1) is 13.9. The Balaban J connectivity index is 1.54. The van der Waals surface area contributed by atoms with E-state index < -0.39 is 5.92 Å². The molecule has 1 fully saturated rings. The molecule has 4 rings (SSSR count). The molecule has 0 amide bonds. The summed E-state index contributed by atoms with van der Waals surface area (Å²) < 4.78 is 39.8. The fourth-order valence-corrected chi connectivity index (χ4v) is 3.78. The van der Waals surface area contributed by atoms with E-state index in [4.69, 9.17) is 21.1 Å². The van der Waals surface area contributed by atoms with Crippen molar-refractivity contribution in [1.82, 2.24) is 19.7 Å². The molecule has 1 aliphatic rings. The van der Waals surface area contributed by atoms with Crippen LogP contribution in [0.2, 0.25) is 5.15 Å². The van der Waals surface area contributed by atoms with E-state index in [1.807, 2.05) is 12.1 Å². The molecule has 0 saturated heterocycles. The predicted octanol–water partition coefficient (Wildman–Crippen LogP) is 5.26. The van der Waals surface area contributed by atoms with Gasteiger partial charge in [-0.25, -0.2) is 18.4 Å². The van der Waals surface area contributed by atoms with Crippen molar-refractivity contribution in [3.63, 3.8) is 0 Å². The second-order valence-corrected chi connectivity index (χ2v) is 7.46. The van der Waals surface area contributed by atoms with Gasteiger partial charge >= 0.3 is 0 Å². The average Bonchev–Trinajstić information content (AvgIpc) is 3.36. The highest BCUT2D eigenvalue weighted by Gasteiger charge is 2.36. The van der Waals surface area contributed by atoms with Crippen LogP contribution in [0.1, 0.15) is 37.4 Å². The van der Waals surface area contributed by atoms with Crippen molar-refractivity contribution < 1.29 is 18.3 Å². The highest BCUT2D eigenvalue weighted by molar-refractivity contribution is 6.32. The molecule has 1 aliphatic carbocycles. The van der Waals surface area contributed by atoms with E-state index in [2.05, 4.69) is 15.1 Å². The number of rotatable bonds is 6. The summed E-state index contributed by atoms with van der Waals surface area (Å²) >= 11 is 6.36. The van der Waals surface area contributed by atoms with E-state index in [9.17, 15) is 8.78 Å². The number of aromatic nitrogens is 4. The lowest BCUT2D eigenvalue weighted by atomic mass is 9.86. The summed E-state index contributed by atoms with van der Waals surface area (Å²) in [4.78, 5) is 7.61. The first-order valence-corrected chi connectivity index (χ1v) is 9.75. The first-order valence-electron chi connectivity index (χ1n) is 9.37. The van der Waals surface area contributed by atoms with Gasteiger partial charge < -0.3 is 14.5 Å². The van der Waals surface area contributed by atoms with Crippen molar-refractivity contribution in [2.45, 2.75) is 44.3 Å². The molecule has 1 N–H and O–H groups in total. The van der Waals surface area contributed by atoms with Gasteiger partial charge in [0.1, 0.15) is 17.3 Å². The number of hydrogen-bond donors (Lipinski definition) is 1. The molecule has 0 radical (unpaired) electrons. The quantitative estimate of drug-likeness (QED) is 0.588. The van der Waals surface area contributed by atoms with Crippen LogP contribution >= 0.6 is 11.6 Å². The zero-order chi connectivity index (χ0) is 20.4. The molecule has 1 saturated carbocycles. The van der Waals surface area contributed by atoms with Crippen LogP contribution < -0.4 is 9.47 Å². The van der Waals surface area contributed by atoms with Gasteiger partial charge in [0.05, 0.1) is 12.8 Å². The number of halogens is 3. The Labute approximate surface area is 171 Å². The van der Waals surface area contributed by atoms with Crippen molar-refractivity contribution in [3.8, 4) is 22.8 Å². The first kappa shape index (κ1) is 19.7. The number of aromatic amines is 1. The van der Waals surface area contributed by atoms with Crippen LogP contribution in [0.4, 0.5) is 8.78 Å². The molecule has 3 aromatic rings. The van der Waals surface area contributed by atoms with Crippen molar-refractivity contribution in [3.05, 3.63) is 47.6 Å². The Morgan fingerprint density at radius 2 is 2.10 bits per heavy atom. The van der Waals surface area contributed by atoms with Gasteiger partial charge in [-0.3, -0.25) is 0 Å². The number of H-pyrrole nitrogens is 1. The number of nitrogens with zero attached hydrogens (tertiary/aromatic N) is 3. The molecule has 2 aromatic heterocycles. The van der Waals surface area contributed by atoms with E-state index in [1.54, 1.807) is 36.3 Å². The second-order valence-electron chi connectivity index (χ2n) is 7.10. The SMILES string of the molecule is COc1cc(OCn2cccn2)ccc1-c1[nH]c(C2CCC(F)(F)CC2)nc1Cl. The monoisotopic (exact) mass is 422 g/mol. The smallest absolute Gasteiger partial charge is 0.248 e. The van der Waals surface area contributed by atoms with Crippen LogP contribution in [0.3, 0.4) is 0 Å². The summed E-state index contributed by atoms with van der Waals surface area (Å²) in [7, 11) is 1.56. The van der Waals surface area contributed by atoms with Crippen LogP contribution in [0.15, 0.2) is 36.7 Å². The molecule has 29 heavy (non-hydrogen) atoms. The number of methoxy groups -OCH3 is 1. The van der Waals surface area contributed by atoms with Gasteiger partial charge in [-0.05, 0) is 31.0 Å². The minimum absolute atomic E-state index is 0.0523. The summed E-state index contributed by atoms with van der Waals surface area (Å²) in [5, 5.41) is 4.38. The molecule has 154 valence electrons. The lowest BCUT2D eigenvalue weighted by Crippen LogP contribution is -2.24. The molecule has 1 aromatic carbocycles. The highest BCUT2D eigenvalue weighted by atomic mass is 35.5. The lowest BCUT2D eigenvalue weighted by Gasteiger charge is -2.26. The van der Waals surface area contributed by atoms with Gasteiger partial charge in [-0.15, -0.1) is 0 Å². The summed E-state index contributed by atoms with van der Waals surface area (Å²) in [6.45, 7) is 0.275. The van der Waals surface area contributed by atoms with Crippen molar-refractivity contribution in [2.75, 3.05) is 7.11 Å². The van der Waals surface area contributed by atoms with Gasteiger partial charge in [0.2, 0.25) is 5.92 Å². The second kappa shape index (κ2) is 8.02. The lowest BCUT2D eigenvalue weighted by molar-refractivity contribution is -0.0387. The van der Waals surface area contributed by atoms with Crippen LogP contribution in [0.25, 0.3) is 11.3 Å². The van der Waals surface area contributed by atoms with E-state index >= 15 is 0 Å². The van der Waals surface area contributed by atoms with Crippen molar-refractivity contribution >= 4 is 11.6 Å². The molecule has 0 aliphatic heterocycles. The normalized spacial score (nSPS) is 16.7. The number of imidazole rings is 1. The predicted molar refractivity (Wildman–Crippen MR) is 105 cm³/mol. The topological polar surface area (TPSA) is 65.0 Å². The van der Waals surface area contributed by atoms with E-state index in [1.165, 1.54) is 0 Å². The molecule has 0 spiro atoms. The third-order valence-corrected chi connectivity index (χ3v) is 5.42. The number of hydrogen-bond acceptors (Lipinski definition) is 4. The fraction of sp³-hybridized carbons (Fsp3) is 0.400.